The molecule has 0 bridgehead atoms. The van der Waals surface area contributed by atoms with E-state index in [0.29, 0.717) is 28.3 Å². The number of alkyl halides is 3. The molecule has 0 amide bonds. The molecule has 6 heteroatoms. The van der Waals surface area contributed by atoms with Crippen LogP contribution in [0, 0.1) is 23.2 Å². The highest BCUT2D eigenvalue weighted by Gasteiger charge is 2.33. The van der Waals surface area contributed by atoms with E-state index in [2.05, 4.69) is 16.8 Å². The fourth-order valence-electron chi connectivity index (χ4n) is 2.49. The summed E-state index contributed by atoms with van der Waals surface area (Å²) in [6.07, 6.45) is -1.46. The zero-order valence-electron chi connectivity index (χ0n) is 13.7. The minimum absolute atomic E-state index is 0.248. The molecule has 0 atom stereocenters. The maximum absolute atomic E-state index is 13.2. The minimum Gasteiger partial charge on any atom is -0.508 e. The molecule has 0 fully saturated rings. The Balaban J connectivity index is 2.13. The number of pyridine rings is 1. The molecule has 0 unspecified atom stereocenters. The number of nitrogens with zero attached hydrogens (tertiary/aromatic N) is 2. The lowest BCUT2D eigenvalue weighted by molar-refractivity contribution is -0.137. The van der Waals surface area contributed by atoms with Crippen molar-refractivity contribution in [2.75, 3.05) is 0 Å². The molecule has 0 saturated heterocycles. The van der Waals surface area contributed by atoms with Crippen molar-refractivity contribution >= 4 is 0 Å². The maximum atomic E-state index is 13.2. The van der Waals surface area contributed by atoms with E-state index in [1.165, 1.54) is 0 Å². The predicted octanol–water partition coefficient (Wildman–Crippen LogP) is 4.74. The van der Waals surface area contributed by atoms with Crippen LogP contribution in [-0.2, 0) is 6.18 Å². The lowest BCUT2D eigenvalue weighted by Gasteiger charge is -2.09. The third-order valence-electron chi connectivity index (χ3n) is 3.76. The van der Waals surface area contributed by atoms with Crippen LogP contribution in [0.25, 0.3) is 11.1 Å². The average Bonchev–Trinajstić information content (AvgIpc) is 2.67. The molecule has 3 rings (SSSR count). The molecule has 0 spiro atoms. The molecule has 1 aromatic heterocycles. The summed E-state index contributed by atoms with van der Waals surface area (Å²) in [7, 11) is 0. The van der Waals surface area contributed by atoms with E-state index in [-0.39, 0.29) is 5.56 Å². The molecule has 1 heterocycles. The Morgan fingerprint density at radius 3 is 2.37 bits per heavy atom. The maximum Gasteiger partial charge on any atom is 0.417 e. The zero-order valence-corrected chi connectivity index (χ0v) is 13.7. The first-order valence-electron chi connectivity index (χ1n) is 7.75. The largest absolute Gasteiger partial charge is 0.508 e. The van der Waals surface area contributed by atoms with Gasteiger partial charge in [-0.3, -0.25) is 4.98 Å². The van der Waals surface area contributed by atoms with E-state index in [1.54, 1.807) is 42.7 Å². The molecule has 0 aliphatic rings. The first-order valence-corrected chi connectivity index (χ1v) is 7.75. The van der Waals surface area contributed by atoms with Crippen molar-refractivity contribution in [3.05, 3.63) is 83.2 Å². The summed E-state index contributed by atoms with van der Waals surface area (Å²) in [6, 6.07) is 13.2. The number of rotatable bonds is 1. The Bertz CT molecular complexity index is 1090. The summed E-state index contributed by atoms with van der Waals surface area (Å²) in [5.74, 6) is 4.79. The third-order valence-corrected chi connectivity index (χ3v) is 3.76. The van der Waals surface area contributed by atoms with Gasteiger partial charge in [0.1, 0.15) is 5.75 Å². The van der Waals surface area contributed by atoms with E-state index < -0.39 is 17.5 Å². The molecule has 27 heavy (non-hydrogen) atoms. The summed E-state index contributed by atoms with van der Waals surface area (Å²) >= 11 is 0. The van der Waals surface area contributed by atoms with Gasteiger partial charge in [0.15, 0.2) is 0 Å². The average molecular weight is 364 g/mol. The van der Waals surface area contributed by atoms with Crippen molar-refractivity contribution in [3.63, 3.8) is 0 Å². The van der Waals surface area contributed by atoms with Gasteiger partial charge in [-0.15, -0.1) is 0 Å². The fourth-order valence-corrected chi connectivity index (χ4v) is 2.49. The predicted molar refractivity (Wildman–Crippen MR) is 93.5 cm³/mol. The van der Waals surface area contributed by atoms with Gasteiger partial charge >= 0.3 is 6.18 Å². The van der Waals surface area contributed by atoms with Crippen LogP contribution < -0.4 is 0 Å². The smallest absolute Gasteiger partial charge is 0.417 e. The highest BCUT2D eigenvalue weighted by atomic mass is 19.4. The number of hydrogen-bond donors (Lipinski definition) is 1. The summed E-state index contributed by atoms with van der Waals surface area (Å²) in [4.78, 5) is 4.02. The molecule has 0 radical (unpaired) electrons. The van der Waals surface area contributed by atoms with Crippen LogP contribution in [0.3, 0.4) is 0 Å². The number of aromatic hydroxyl groups is 1. The van der Waals surface area contributed by atoms with Gasteiger partial charge in [0.05, 0.1) is 17.2 Å². The normalized spacial score (nSPS) is 10.6. The topological polar surface area (TPSA) is 56.9 Å². The van der Waals surface area contributed by atoms with Crippen molar-refractivity contribution in [1.29, 1.82) is 5.26 Å². The van der Waals surface area contributed by atoms with Crippen molar-refractivity contribution in [1.82, 2.24) is 4.98 Å². The molecule has 2 aromatic carbocycles. The van der Waals surface area contributed by atoms with Crippen LogP contribution in [0.5, 0.6) is 5.75 Å². The first-order chi connectivity index (χ1) is 12.9. The molecule has 132 valence electrons. The van der Waals surface area contributed by atoms with E-state index in [9.17, 15) is 18.3 Å². The van der Waals surface area contributed by atoms with Crippen molar-refractivity contribution in [3.8, 4) is 34.8 Å². The standard InChI is InChI=1S/C21H11F3N2O/c22-21(23,24)20-11-18(27)8-7-16(20)6-5-15-4-3-14(12-25)10-19(15)17-2-1-9-26-13-17/h1-4,7-11,13,27H. The van der Waals surface area contributed by atoms with Gasteiger partial charge < -0.3 is 5.11 Å². The second-order valence-electron chi connectivity index (χ2n) is 5.59. The summed E-state index contributed by atoms with van der Waals surface area (Å²) in [6.45, 7) is 0. The summed E-state index contributed by atoms with van der Waals surface area (Å²) in [5.41, 5.74) is 0.902. The summed E-state index contributed by atoms with van der Waals surface area (Å²) < 4.78 is 39.5. The van der Waals surface area contributed by atoms with Crippen LogP contribution in [0.15, 0.2) is 60.9 Å². The van der Waals surface area contributed by atoms with E-state index >= 15 is 0 Å². The zero-order chi connectivity index (χ0) is 19.4. The van der Waals surface area contributed by atoms with Gasteiger partial charge in [0.2, 0.25) is 0 Å². The fraction of sp³-hybridized carbons (Fsp3) is 0.0476. The van der Waals surface area contributed by atoms with Crippen LogP contribution in [0.1, 0.15) is 22.3 Å². The lowest BCUT2D eigenvalue weighted by atomic mass is 9.98. The third kappa shape index (κ3) is 4.08. The Morgan fingerprint density at radius 2 is 1.70 bits per heavy atom. The Labute approximate surface area is 153 Å². The molecule has 1 N–H and O–H groups in total. The lowest BCUT2D eigenvalue weighted by Crippen LogP contribution is -2.07. The van der Waals surface area contributed by atoms with Crippen LogP contribution in [0.2, 0.25) is 0 Å². The van der Waals surface area contributed by atoms with Gasteiger partial charge in [-0.25, -0.2) is 0 Å². The Morgan fingerprint density at radius 1 is 0.963 bits per heavy atom. The Hall–Kier alpha value is -3.77. The number of halogens is 3. The van der Waals surface area contributed by atoms with E-state index in [4.69, 9.17) is 5.26 Å². The van der Waals surface area contributed by atoms with Crippen LogP contribution in [-0.4, -0.2) is 10.1 Å². The van der Waals surface area contributed by atoms with Gasteiger partial charge in [0.25, 0.3) is 0 Å². The summed E-state index contributed by atoms with van der Waals surface area (Å²) in [5, 5.41) is 18.5. The number of phenolic OH excluding ortho intramolecular Hbond substituents is 1. The molecule has 3 aromatic rings. The van der Waals surface area contributed by atoms with Crippen LogP contribution in [0.4, 0.5) is 13.2 Å². The van der Waals surface area contributed by atoms with Crippen molar-refractivity contribution in [2.24, 2.45) is 0 Å². The number of phenols is 1. The molecule has 3 nitrogen and oxygen atoms in total. The van der Waals surface area contributed by atoms with Crippen LogP contribution >= 0.6 is 0 Å². The minimum atomic E-state index is -4.64. The molecule has 0 saturated carbocycles. The van der Waals surface area contributed by atoms with Gasteiger partial charge in [-0.1, -0.05) is 17.9 Å². The molecular formula is C21H11F3N2O. The number of aromatic nitrogens is 1. The quantitative estimate of drug-likeness (QED) is 0.634. The monoisotopic (exact) mass is 364 g/mol. The van der Waals surface area contributed by atoms with Gasteiger partial charge in [-0.2, -0.15) is 18.4 Å². The van der Waals surface area contributed by atoms with E-state index in [1.807, 2.05) is 6.07 Å². The Kier molecular flexibility index (Phi) is 4.83. The molecular weight excluding hydrogens is 353 g/mol. The molecule has 0 aliphatic heterocycles. The number of benzene rings is 2. The van der Waals surface area contributed by atoms with E-state index in [0.717, 1.165) is 12.1 Å². The highest BCUT2D eigenvalue weighted by Crippen LogP contribution is 2.34. The second-order valence-corrected chi connectivity index (χ2v) is 5.59. The van der Waals surface area contributed by atoms with Crippen molar-refractivity contribution in [2.45, 2.75) is 6.18 Å². The highest BCUT2D eigenvalue weighted by molar-refractivity contribution is 5.72. The molecule has 0 aliphatic carbocycles. The van der Waals surface area contributed by atoms with Gasteiger partial charge in [-0.05, 0) is 42.5 Å². The van der Waals surface area contributed by atoms with Crippen molar-refractivity contribution < 1.29 is 18.3 Å². The number of nitriles is 1. The first kappa shape index (κ1) is 18.0. The van der Waals surface area contributed by atoms with Gasteiger partial charge in [0, 0.05) is 34.6 Å². The second kappa shape index (κ2) is 7.23. The number of hydrogen-bond acceptors (Lipinski definition) is 3. The SMILES string of the molecule is N#Cc1ccc(C#Cc2ccc(O)cc2C(F)(F)F)c(-c2cccnc2)c1.